The van der Waals surface area contributed by atoms with Crippen LogP contribution >= 0.6 is 0 Å². The van der Waals surface area contributed by atoms with Gasteiger partial charge in [0.15, 0.2) is 0 Å². The first-order chi connectivity index (χ1) is 6.50. The summed E-state index contributed by atoms with van der Waals surface area (Å²) >= 11 is 0. The fourth-order valence-corrected chi connectivity index (χ4v) is 2.01. The molecule has 1 fully saturated rings. The van der Waals surface area contributed by atoms with Gasteiger partial charge in [0.25, 0.3) is 0 Å². The number of piperazine rings is 1. The van der Waals surface area contributed by atoms with Gasteiger partial charge in [0.1, 0.15) is 5.78 Å². The third-order valence-corrected chi connectivity index (χ3v) is 2.95. The summed E-state index contributed by atoms with van der Waals surface area (Å²) in [6, 6.07) is 1.13. The minimum Gasteiger partial charge on any atom is -0.299 e. The predicted molar refractivity (Wildman–Crippen MR) is 58.4 cm³/mol. The number of hydrogen-bond donors (Lipinski definition) is 0. The van der Waals surface area contributed by atoms with Crippen LogP contribution in [0.15, 0.2) is 0 Å². The second-order valence-corrected chi connectivity index (χ2v) is 4.61. The summed E-state index contributed by atoms with van der Waals surface area (Å²) in [7, 11) is 0. The molecule has 0 N–H and O–H groups in total. The maximum absolute atomic E-state index is 11.0. The third-order valence-electron chi connectivity index (χ3n) is 2.95. The van der Waals surface area contributed by atoms with Crippen molar-refractivity contribution in [2.75, 3.05) is 26.2 Å². The van der Waals surface area contributed by atoms with Crippen LogP contribution < -0.4 is 0 Å². The molecule has 0 aromatic heterocycles. The van der Waals surface area contributed by atoms with Crippen LogP contribution in [0.25, 0.3) is 0 Å². The quantitative estimate of drug-likeness (QED) is 0.675. The number of rotatable bonds is 3. The van der Waals surface area contributed by atoms with Gasteiger partial charge in [-0.3, -0.25) is 14.6 Å². The summed E-state index contributed by atoms with van der Waals surface area (Å²) in [5.74, 6) is 0.273. The molecule has 0 radical (unpaired) electrons. The molecule has 1 saturated heterocycles. The molecule has 0 spiro atoms. The Balaban J connectivity index is 2.43. The maximum atomic E-state index is 11.0. The molecular formula is C11H22N2O. The van der Waals surface area contributed by atoms with Crippen LogP contribution in [0, 0.1) is 0 Å². The minimum atomic E-state index is 0.273. The number of ketones is 1. The zero-order valence-electron chi connectivity index (χ0n) is 9.79. The van der Waals surface area contributed by atoms with E-state index in [-0.39, 0.29) is 5.78 Å². The second kappa shape index (κ2) is 4.89. The zero-order valence-corrected chi connectivity index (χ0v) is 9.79. The molecule has 1 unspecified atom stereocenters. The molecule has 82 valence electrons. The van der Waals surface area contributed by atoms with E-state index in [9.17, 15) is 4.79 Å². The molecular weight excluding hydrogens is 176 g/mol. The molecule has 0 aromatic carbocycles. The first kappa shape index (κ1) is 11.7. The number of Topliss-reactive ketones (excluding diaryl/α,β-unsaturated/α-hetero) is 1. The van der Waals surface area contributed by atoms with Crippen molar-refractivity contribution < 1.29 is 4.79 Å². The van der Waals surface area contributed by atoms with E-state index < -0.39 is 0 Å². The Morgan fingerprint density at radius 2 is 2.07 bits per heavy atom. The van der Waals surface area contributed by atoms with E-state index in [0.29, 0.717) is 18.6 Å². The Labute approximate surface area is 87.1 Å². The normalized spacial score (nSPS) is 25.6. The smallest absolute Gasteiger partial charge is 0.143 e. The molecule has 0 amide bonds. The van der Waals surface area contributed by atoms with Crippen molar-refractivity contribution >= 4 is 5.78 Å². The molecule has 1 aliphatic rings. The molecule has 3 heteroatoms. The lowest BCUT2D eigenvalue weighted by molar-refractivity contribution is -0.119. The number of carbonyl (C=O) groups excluding carboxylic acids is 1. The van der Waals surface area contributed by atoms with Crippen molar-refractivity contribution in [3.8, 4) is 0 Å². The highest BCUT2D eigenvalue weighted by Crippen LogP contribution is 2.11. The van der Waals surface area contributed by atoms with Crippen molar-refractivity contribution in [2.45, 2.75) is 39.8 Å². The van der Waals surface area contributed by atoms with Gasteiger partial charge in [-0.1, -0.05) is 0 Å². The van der Waals surface area contributed by atoms with Gasteiger partial charge in [-0.2, -0.15) is 0 Å². The van der Waals surface area contributed by atoms with E-state index in [0.717, 1.165) is 19.6 Å². The van der Waals surface area contributed by atoms with Crippen molar-refractivity contribution in [3.63, 3.8) is 0 Å². The Morgan fingerprint density at radius 3 is 2.50 bits per heavy atom. The highest BCUT2D eigenvalue weighted by molar-refractivity contribution is 5.77. The first-order valence-corrected chi connectivity index (χ1v) is 5.48. The fraction of sp³-hybridized carbons (Fsp3) is 0.909. The molecule has 14 heavy (non-hydrogen) atoms. The minimum absolute atomic E-state index is 0.273. The maximum Gasteiger partial charge on any atom is 0.143 e. The monoisotopic (exact) mass is 198 g/mol. The summed E-state index contributed by atoms with van der Waals surface area (Å²) in [4.78, 5) is 15.8. The molecule has 0 aliphatic carbocycles. The van der Waals surface area contributed by atoms with Gasteiger partial charge < -0.3 is 0 Å². The van der Waals surface area contributed by atoms with Crippen LogP contribution in [0.5, 0.6) is 0 Å². The fourth-order valence-electron chi connectivity index (χ4n) is 2.01. The lowest BCUT2D eigenvalue weighted by Crippen LogP contribution is -2.54. The van der Waals surface area contributed by atoms with Crippen molar-refractivity contribution in [3.05, 3.63) is 0 Å². The van der Waals surface area contributed by atoms with E-state index in [1.807, 2.05) is 0 Å². The average molecular weight is 198 g/mol. The van der Waals surface area contributed by atoms with Gasteiger partial charge in [-0.25, -0.2) is 0 Å². The summed E-state index contributed by atoms with van der Waals surface area (Å²) in [5.41, 5.74) is 0. The Hall–Kier alpha value is -0.410. The summed E-state index contributed by atoms with van der Waals surface area (Å²) in [5, 5.41) is 0. The standard InChI is InChI=1S/C11H22N2O/c1-9(2)12-5-6-13(8-11(4)14)10(3)7-12/h9-10H,5-8H2,1-4H3. The highest BCUT2D eigenvalue weighted by atomic mass is 16.1. The highest BCUT2D eigenvalue weighted by Gasteiger charge is 2.25. The van der Waals surface area contributed by atoms with E-state index in [1.54, 1.807) is 6.92 Å². The number of nitrogens with zero attached hydrogens (tertiary/aromatic N) is 2. The van der Waals surface area contributed by atoms with Crippen molar-refractivity contribution in [1.82, 2.24) is 9.80 Å². The van der Waals surface area contributed by atoms with E-state index in [1.165, 1.54) is 0 Å². The summed E-state index contributed by atoms with van der Waals surface area (Å²) in [6.07, 6.45) is 0. The number of carbonyl (C=O) groups is 1. The van der Waals surface area contributed by atoms with Gasteiger partial charge in [0, 0.05) is 31.7 Å². The molecule has 0 saturated carbocycles. The first-order valence-electron chi connectivity index (χ1n) is 5.48. The molecule has 1 heterocycles. The van der Waals surface area contributed by atoms with Gasteiger partial charge in [0.2, 0.25) is 0 Å². The lowest BCUT2D eigenvalue weighted by atomic mass is 10.1. The Bertz CT molecular complexity index is 203. The Morgan fingerprint density at radius 1 is 1.43 bits per heavy atom. The van der Waals surface area contributed by atoms with Crippen LogP contribution in [0.2, 0.25) is 0 Å². The molecule has 1 aliphatic heterocycles. The van der Waals surface area contributed by atoms with Gasteiger partial charge in [0.05, 0.1) is 6.54 Å². The van der Waals surface area contributed by atoms with E-state index >= 15 is 0 Å². The SMILES string of the molecule is CC(=O)CN1CCN(C(C)C)CC1C. The molecule has 1 atom stereocenters. The lowest BCUT2D eigenvalue weighted by Gasteiger charge is -2.41. The second-order valence-electron chi connectivity index (χ2n) is 4.61. The molecule has 0 aromatic rings. The van der Waals surface area contributed by atoms with Crippen LogP contribution in [-0.4, -0.2) is 53.8 Å². The Kier molecular flexibility index (Phi) is 4.08. The number of hydrogen-bond acceptors (Lipinski definition) is 3. The average Bonchev–Trinajstić information content (AvgIpc) is 2.07. The van der Waals surface area contributed by atoms with E-state index in [4.69, 9.17) is 0 Å². The van der Waals surface area contributed by atoms with Crippen molar-refractivity contribution in [2.24, 2.45) is 0 Å². The summed E-state index contributed by atoms with van der Waals surface area (Å²) in [6.45, 7) is 12.2. The summed E-state index contributed by atoms with van der Waals surface area (Å²) < 4.78 is 0. The topological polar surface area (TPSA) is 23.6 Å². The van der Waals surface area contributed by atoms with Gasteiger partial charge in [-0.15, -0.1) is 0 Å². The molecule has 1 rings (SSSR count). The van der Waals surface area contributed by atoms with Crippen molar-refractivity contribution in [1.29, 1.82) is 0 Å². The van der Waals surface area contributed by atoms with Crippen LogP contribution in [0.1, 0.15) is 27.7 Å². The van der Waals surface area contributed by atoms with Crippen LogP contribution in [-0.2, 0) is 4.79 Å². The third kappa shape index (κ3) is 3.07. The molecule has 3 nitrogen and oxygen atoms in total. The van der Waals surface area contributed by atoms with Gasteiger partial charge >= 0.3 is 0 Å². The largest absolute Gasteiger partial charge is 0.299 e. The van der Waals surface area contributed by atoms with E-state index in [2.05, 4.69) is 30.6 Å². The van der Waals surface area contributed by atoms with Crippen LogP contribution in [0.4, 0.5) is 0 Å². The van der Waals surface area contributed by atoms with Gasteiger partial charge in [-0.05, 0) is 27.7 Å². The van der Waals surface area contributed by atoms with Crippen LogP contribution in [0.3, 0.4) is 0 Å². The zero-order chi connectivity index (χ0) is 10.7. The molecule has 0 bridgehead atoms. The predicted octanol–water partition coefficient (Wildman–Crippen LogP) is 0.990.